The number of nitrogens with two attached hydrogens (primary N) is 1. The molecule has 8 atom stereocenters. The average Bonchev–Trinajstić information content (AvgIpc) is 4.06. The Bertz CT molecular complexity index is 2360. The summed E-state index contributed by atoms with van der Waals surface area (Å²) >= 11 is 0. The Hall–Kier alpha value is -5.66. The number of nitrogens with one attached hydrogen (secondary N) is 4. The van der Waals surface area contributed by atoms with Crippen LogP contribution in [-0.2, 0) is 44.7 Å². The number of carbonyl (C=O) groups is 6. The van der Waals surface area contributed by atoms with Gasteiger partial charge >= 0.3 is 7.12 Å². The summed E-state index contributed by atoms with van der Waals surface area (Å²) in [5.41, 5.74) is 10.2. The lowest BCUT2D eigenvalue weighted by Gasteiger charge is -2.41. The second kappa shape index (κ2) is 27.8. The molecule has 6 amide bonds. The Morgan fingerprint density at radius 2 is 1.65 bits per heavy atom. The van der Waals surface area contributed by atoms with E-state index < -0.39 is 72.7 Å². The van der Waals surface area contributed by atoms with Gasteiger partial charge < -0.3 is 55.1 Å². The van der Waals surface area contributed by atoms with E-state index in [9.17, 15) is 33.1 Å². The maximum Gasteiger partial charge on any atom is 0.462 e. The molecule has 0 aliphatic carbocycles. The molecule has 4 rings (SSSR count). The summed E-state index contributed by atoms with van der Waals surface area (Å²) in [4.78, 5) is 85.9. The number of aryl methyl sites for hydroxylation is 2. The van der Waals surface area contributed by atoms with Crippen LogP contribution in [0.4, 0.5) is 4.32 Å². The number of rotatable bonds is 27. The first-order valence-corrected chi connectivity index (χ1v) is 26.3. The van der Waals surface area contributed by atoms with Gasteiger partial charge in [-0.05, 0) is 76.4 Å². The number of methoxy groups -OCH3 is 2. The van der Waals surface area contributed by atoms with Crippen LogP contribution >= 0.6 is 0 Å². The van der Waals surface area contributed by atoms with Crippen molar-refractivity contribution >= 4 is 54.4 Å². The summed E-state index contributed by atoms with van der Waals surface area (Å²) in [5.74, 6) is -3.11. The maximum absolute atomic E-state index is 14.5. The molecule has 0 bridgehead atoms. The predicted molar refractivity (Wildman–Crippen MR) is 289 cm³/mol. The number of benzene rings is 1. The third kappa shape index (κ3) is 15.9. The molecule has 1 saturated heterocycles. The molecule has 0 saturated carbocycles. The van der Waals surface area contributed by atoms with Gasteiger partial charge in [0.05, 0.1) is 42.2 Å². The van der Waals surface area contributed by atoms with Crippen LogP contribution in [0.1, 0.15) is 110 Å². The van der Waals surface area contributed by atoms with Crippen LogP contribution in [0.2, 0.25) is 6.82 Å². The van der Waals surface area contributed by atoms with Gasteiger partial charge in [-0.15, -0.1) is 0 Å². The van der Waals surface area contributed by atoms with Crippen molar-refractivity contribution < 1.29 is 47.1 Å². The molecule has 3 heterocycles. The zero-order valence-electron chi connectivity index (χ0n) is 46.6. The third-order valence-electron chi connectivity index (χ3n) is 14.7. The van der Waals surface area contributed by atoms with Crippen molar-refractivity contribution in [3.05, 3.63) is 76.8 Å². The van der Waals surface area contributed by atoms with Crippen LogP contribution in [-0.4, -0.2) is 157 Å². The molecule has 1 aromatic heterocycles. The third-order valence-corrected chi connectivity index (χ3v) is 14.7. The number of amides is 6. The summed E-state index contributed by atoms with van der Waals surface area (Å²) in [5, 5.41) is 11.6. The molecule has 1 fully saturated rings. The van der Waals surface area contributed by atoms with E-state index in [2.05, 4.69) is 21.3 Å². The molecule has 6 N–H and O–H groups in total. The number of likely N-dealkylation sites (N-methyl/N-ethyl adjacent to an activating group) is 2. The first kappa shape index (κ1) is 60.9. The smallest absolute Gasteiger partial charge is 0.379 e. The fourth-order valence-electron chi connectivity index (χ4n) is 10.2. The van der Waals surface area contributed by atoms with E-state index >= 15 is 0 Å². The number of likely N-dealkylation sites (tertiary alicyclic amines) is 1. The number of carbonyl (C=O) groups excluding carboxylic acids is 6. The highest BCUT2D eigenvalue weighted by Crippen LogP contribution is 2.30. The van der Waals surface area contributed by atoms with Gasteiger partial charge in [0.2, 0.25) is 41.1 Å². The monoisotopic (exact) mass is 1030 g/mol. The van der Waals surface area contributed by atoms with Crippen molar-refractivity contribution in [1.82, 2.24) is 35.5 Å². The standard InChI is InChI=1S/C55H85BFN9O8/c1-15-35(4)49(64(12)53(71)48(34(2)3)62-54(72)55(8,9)58)45(73-13)33-47(68)65-29-19-22-43(65)50(74-14)38(7)51(69)61-42(31-39-20-17-16-18-21-39)52(70)60-28-27-59-46(67)26-25-40-23-24-41(63(40)11)32-44-36(5)30-37(6)66(44)56(10)57/h16-18,20-21,23-24,30,32,34-35,38,42-43,45,48-50H,15,19,22,25-29,31,33,58H2,1-14H3,(H3-,59,60,61,62,67,69,70,72)/p+1. The minimum absolute atomic E-state index is 0.0455. The van der Waals surface area contributed by atoms with Gasteiger partial charge in [-0.1, -0.05) is 71.4 Å². The number of hydrogen-bond acceptors (Lipinski definition) is 9. The van der Waals surface area contributed by atoms with Crippen molar-refractivity contribution in [3.63, 3.8) is 0 Å². The summed E-state index contributed by atoms with van der Waals surface area (Å²) in [7, 11) is 5.46. The van der Waals surface area contributed by atoms with Crippen molar-refractivity contribution in [2.24, 2.45) is 23.5 Å². The van der Waals surface area contributed by atoms with E-state index in [1.807, 2.05) is 108 Å². The normalized spacial score (nSPS) is 18.1. The van der Waals surface area contributed by atoms with Crippen LogP contribution in [0.3, 0.4) is 0 Å². The molecule has 1 aromatic carbocycles. The Morgan fingerprint density at radius 3 is 2.24 bits per heavy atom. The lowest BCUT2D eigenvalue weighted by atomic mass is 9.89. The fourth-order valence-corrected chi connectivity index (χ4v) is 10.2. The van der Waals surface area contributed by atoms with Crippen molar-refractivity contribution in [1.29, 1.82) is 0 Å². The summed E-state index contributed by atoms with van der Waals surface area (Å²) < 4.78 is 30.2. The minimum atomic E-state index is -1.20. The molecule has 8 unspecified atom stereocenters. The van der Waals surface area contributed by atoms with Crippen molar-refractivity contribution in [2.75, 3.05) is 47.9 Å². The zero-order chi connectivity index (χ0) is 55.2. The first-order valence-electron chi connectivity index (χ1n) is 26.3. The zero-order valence-corrected chi connectivity index (χ0v) is 46.6. The topological polar surface area (TPSA) is 209 Å². The van der Waals surface area contributed by atoms with E-state index in [4.69, 9.17) is 15.2 Å². The minimum Gasteiger partial charge on any atom is -0.379 e. The molecule has 2 aliphatic rings. The number of ether oxygens (including phenoxy) is 2. The van der Waals surface area contributed by atoms with Gasteiger partial charge in [-0.25, -0.2) is 0 Å². The molecule has 2 aromatic rings. The summed E-state index contributed by atoms with van der Waals surface area (Å²) in [6.07, 6.45) is 7.26. The lowest BCUT2D eigenvalue weighted by molar-refractivity contribution is -0.433. The molecule has 19 heteroatoms. The molecule has 17 nitrogen and oxygen atoms in total. The Kier molecular flexibility index (Phi) is 22.8. The van der Waals surface area contributed by atoms with Crippen LogP contribution in [0, 0.1) is 31.6 Å². The quantitative estimate of drug-likeness (QED) is 0.0482. The number of nitrogens with zero attached hydrogens (tertiary/aromatic N) is 4. The van der Waals surface area contributed by atoms with E-state index in [1.165, 1.54) is 21.0 Å². The molecule has 74 heavy (non-hydrogen) atoms. The highest BCUT2D eigenvalue weighted by Gasteiger charge is 2.43. The van der Waals surface area contributed by atoms with Gasteiger partial charge in [0.15, 0.2) is 5.71 Å². The van der Waals surface area contributed by atoms with E-state index in [1.54, 1.807) is 42.1 Å². The van der Waals surface area contributed by atoms with Gasteiger partial charge in [0, 0.05) is 89.8 Å². The van der Waals surface area contributed by atoms with Gasteiger partial charge in [-0.3, -0.25) is 28.8 Å². The number of hydrogen-bond donors (Lipinski definition) is 5. The van der Waals surface area contributed by atoms with Crippen LogP contribution < -0.4 is 27.0 Å². The van der Waals surface area contributed by atoms with E-state index in [0.717, 1.165) is 33.9 Å². The highest BCUT2D eigenvalue weighted by atomic mass is 19.1. The largest absolute Gasteiger partial charge is 0.462 e. The Balaban J connectivity index is 1.39. The number of halogens is 1. The SMILES string of the molecule is CCC(C)C(C(CC(=O)N1CCCC1C(OC)C(C)C(=O)NC(Cc1ccccc1)C(=O)NCCNC(=O)CCC1=[N+](C)/C(=C\c2c(C)cc(C)n2B(C)F)C=C1)OC)N(C)C(=O)C(NC(=O)C(C)(C)N)C(C)C. The summed E-state index contributed by atoms with van der Waals surface area (Å²) in [6.45, 7) is 18.7. The van der Waals surface area contributed by atoms with Gasteiger partial charge in [0.25, 0.3) is 0 Å². The second-order valence-electron chi connectivity index (χ2n) is 21.1. The number of aromatic nitrogens is 1. The molecule has 0 spiro atoms. The maximum atomic E-state index is 14.5. The molecule has 0 radical (unpaired) electrons. The first-order chi connectivity index (χ1) is 34.9. The van der Waals surface area contributed by atoms with Crippen LogP contribution in [0.5, 0.6) is 0 Å². The van der Waals surface area contributed by atoms with Crippen molar-refractivity contribution in [2.45, 2.75) is 156 Å². The summed E-state index contributed by atoms with van der Waals surface area (Å²) in [6, 6.07) is 8.51. The van der Waals surface area contributed by atoms with Gasteiger partial charge in [-0.2, -0.15) is 4.58 Å². The second-order valence-corrected chi connectivity index (χ2v) is 21.1. The Labute approximate surface area is 439 Å². The van der Waals surface area contributed by atoms with Crippen molar-refractivity contribution in [3.8, 4) is 0 Å². The van der Waals surface area contributed by atoms with Crippen LogP contribution in [0.25, 0.3) is 6.08 Å². The Morgan fingerprint density at radius 1 is 0.986 bits per heavy atom. The average molecular weight is 1030 g/mol. The molecule has 408 valence electrons. The fraction of sp³-hybridized carbons (Fsp3) is 0.618. The predicted octanol–water partition coefficient (Wildman–Crippen LogP) is 4.57. The van der Waals surface area contributed by atoms with E-state index in [0.29, 0.717) is 32.2 Å². The lowest BCUT2D eigenvalue weighted by Crippen LogP contribution is -2.60. The molecular formula is C55H86BFN9O8+. The van der Waals surface area contributed by atoms with Gasteiger partial charge in [0.1, 0.15) is 19.1 Å². The molecule has 2 aliphatic heterocycles. The highest BCUT2D eigenvalue weighted by molar-refractivity contribution is 6.48. The van der Waals surface area contributed by atoms with Crippen LogP contribution in [0.15, 0.2) is 54.2 Å². The number of allylic oxidation sites excluding steroid dienone is 2. The van der Waals surface area contributed by atoms with E-state index in [-0.39, 0.29) is 61.9 Å². The molecular weight excluding hydrogens is 944 g/mol.